The molecule has 0 spiro atoms. The lowest BCUT2D eigenvalue weighted by Gasteiger charge is -1.96. The van der Waals surface area contributed by atoms with Gasteiger partial charge in [0, 0.05) is 0 Å². The average molecular weight is 156 g/mol. The predicted molar refractivity (Wildman–Crippen MR) is 50.2 cm³/mol. The number of rotatable bonds is 1. The van der Waals surface area contributed by atoms with E-state index >= 15 is 0 Å². The molecule has 0 heterocycles. The van der Waals surface area contributed by atoms with Gasteiger partial charge in [0.15, 0.2) is 5.69 Å². The first-order valence-corrected chi connectivity index (χ1v) is 3.49. The number of aliphatic imine (C=N–C) groups is 1. The van der Waals surface area contributed by atoms with Crippen molar-refractivity contribution in [2.75, 3.05) is 0 Å². The highest BCUT2D eigenvalue weighted by atomic mass is 14.7. The van der Waals surface area contributed by atoms with Crippen molar-refractivity contribution in [2.24, 2.45) is 4.99 Å². The quantitative estimate of drug-likeness (QED) is 0.439. The molecule has 0 aliphatic rings. The summed E-state index contributed by atoms with van der Waals surface area (Å²) >= 11 is 0. The molecule has 0 aliphatic carbocycles. The van der Waals surface area contributed by atoms with E-state index in [0.717, 1.165) is 11.3 Å². The van der Waals surface area contributed by atoms with Crippen LogP contribution in [0.2, 0.25) is 0 Å². The van der Waals surface area contributed by atoms with E-state index in [9.17, 15) is 0 Å². The van der Waals surface area contributed by atoms with Gasteiger partial charge in [0.05, 0.1) is 12.3 Å². The van der Waals surface area contributed by atoms with Crippen LogP contribution < -0.4 is 0 Å². The Labute approximate surface area is 71.7 Å². The van der Waals surface area contributed by atoms with Gasteiger partial charge in [-0.25, -0.2) is 9.84 Å². The molecule has 58 valence electrons. The molecule has 0 saturated carbocycles. The van der Waals surface area contributed by atoms with E-state index in [-0.39, 0.29) is 0 Å². The number of nitrogens with zero attached hydrogens (tertiary/aromatic N) is 2. The molecule has 2 heteroatoms. The van der Waals surface area contributed by atoms with Crippen molar-refractivity contribution in [3.8, 4) is 0 Å². The van der Waals surface area contributed by atoms with Gasteiger partial charge in [-0.2, -0.15) is 0 Å². The third-order valence-corrected chi connectivity index (χ3v) is 1.51. The van der Waals surface area contributed by atoms with Crippen LogP contribution in [-0.2, 0) is 0 Å². The zero-order valence-electron chi connectivity index (χ0n) is 6.83. The molecule has 1 aromatic rings. The highest BCUT2D eigenvalue weighted by Crippen LogP contribution is 2.23. The van der Waals surface area contributed by atoms with Gasteiger partial charge in [-0.15, -0.1) is 0 Å². The summed E-state index contributed by atoms with van der Waals surface area (Å²) in [6.45, 7) is 12.1. The van der Waals surface area contributed by atoms with E-state index in [1.54, 1.807) is 12.1 Å². The lowest BCUT2D eigenvalue weighted by molar-refractivity contribution is 1.45. The first-order chi connectivity index (χ1) is 5.77. The van der Waals surface area contributed by atoms with Crippen LogP contribution in [0.15, 0.2) is 29.8 Å². The molecule has 0 radical (unpaired) electrons. The molecule has 0 atom stereocenters. The normalized spacial score (nSPS) is 8.33. The van der Waals surface area contributed by atoms with Gasteiger partial charge in [-0.3, -0.25) is 0 Å². The van der Waals surface area contributed by atoms with Crippen molar-refractivity contribution >= 4 is 17.2 Å². The molecule has 0 aromatic heterocycles. The van der Waals surface area contributed by atoms with E-state index in [1.807, 2.05) is 13.0 Å². The Morgan fingerprint density at radius 3 is 2.83 bits per heavy atom. The molecule has 12 heavy (non-hydrogen) atoms. The van der Waals surface area contributed by atoms with Crippen molar-refractivity contribution in [1.29, 1.82) is 0 Å². The molecule has 0 fully saturated rings. The summed E-state index contributed by atoms with van der Waals surface area (Å²) in [5.41, 5.74) is 2.38. The molecule has 0 saturated heterocycles. The molecular formula is C10H8N2. The highest BCUT2D eigenvalue weighted by molar-refractivity contribution is 5.61. The first kappa shape index (κ1) is 8.26. The summed E-state index contributed by atoms with van der Waals surface area (Å²) < 4.78 is 0. The monoisotopic (exact) mass is 156 g/mol. The third kappa shape index (κ3) is 1.60. The minimum Gasteiger partial charge on any atom is -0.238 e. The van der Waals surface area contributed by atoms with Gasteiger partial charge >= 0.3 is 0 Å². The lowest BCUT2D eigenvalue weighted by atomic mass is 10.2. The molecule has 1 rings (SSSR count). The van der Waals surface area contributed by atoms with Crippen molar-refractivity contribution in [3.05, 3.63) is 41.8 Å². The first-order valence-electron chi connectivity index (χ1n) is 3.49. The van der Waals surface area contributed by atoms with Crippen molar-refractivity contribution < 1.29 is 0 Å². The van der Waals surface area contributed by atoms with Crippen LogP contribution in [0.25, 0.3) is 4.85 Å². The SMILES string of the molecule is [C-]#[N+]c1ccc(N=C=C)cc1C. The number of benzene rings is 1. The summed E-state index contributed by atoms with van der Waals surface area (Å²) in [7, 11) is 0. The number of aryl methyl sites for hydroxylation is 1. The Kier molecular flexibility index (Phi) is 2.42. The maximum Gasteiger partial charge on any atom is 0.190 e. The summed E-state index contributed by atoms with van der Waals surface area (Å²) in [4.78, 5) is 7.22. The van der Waals surface area contributed by atoms with E-state index in [2.05, 4.69) is 22.3 Å². The smallest absolute Gasteiger partial charge is 0.190 e. The Morgan fingerprint density at radius 1 is 1.58 bits per heavy atom. The Morgan fingerprint density at radius 2 is 2.33 bits per heavy atom. The average Bonchev–Trinajstić information content (AvgIpc) is 2.05. The molecule has 0 bridgehead atoms. The molecule has 0 aliphatic heterocycles. The van der Waals surface area contributed by atoms with Gasteiger partial charge in [0.1, 0.15) is 0 Å². The van der Waals surface area contributed by atoms with Crippen LogP contribution in [0.1, 0.15) is 5.56 Å². The van der Waals surface area contributed by atoms with E-state index in [1.165, 1.54) is 0 Å². The van der Waals surface area contributed by atoms with Crippen LogP contribution >= 0.6 is 0 Å². The van der Waals surface area contributed by atoms with Crippen molar-refractivity contribution in [3.63, 3.8) is 0 Å². The van der Waals surface area contributed by atoms with Gasteiger partial charge in [-0.1, -0.05) is 6.07 Å². The third-order valence-electron chi connectivity index (χ3n) is 1.51. The molecule has 0 amide bonds. The van der Waals surface area contributed by atoms with Gasteiger partial charge in [0.2, 0.25) is 0 Å². The fourth-order valence-corrected chi connectivity index (χ4v) is 0.926. The lowest BCUT2D eigenvalue weighted by Crippen LogP contribution is -1.71. The Hall–Kier alpha value is -1.84. The van der Waals surface area contributed by atoms with Gasteiger partial charge in [-0.05, 0) is 37.1 Å². The van der Waals surface area contributed by atoms with E-state index in [0.29, 0.717) is 5.69 Å². The van der Waals surface area contributed by atoms with Gasteiger partial charge in [0.25, 0.3) is 0 Å². The maximum absolute atomic E-state index is 6.82. The Bertz CT molecular complexity index is 379. The number of hydrogen-bond acceptors (Lipinski definition) is 1. The summed E-state index contributed by atoms with van der Waals surface area (Å²) in [5.74, 6) is 2.45. The van der Waals surface area contributed by atoms with Crippen LogP contribution in [0.4, 0.5) is 11.4 Å². The fourth-order valence-electron chi connectivity index (χ4n) is 0.926. The molecule has 1 aromatic carbocycles. The van der Waals surface area contributed by atoms with Crippen LogP contribution in [0, 0.1) is 13.5 Å². The summed E-state index contributed by atoms with van der Waals surface area (Å²) in [6, 6.07) is 5.36. The molecule has 2 nitrogen and oxygen atoms in total. The topological polar surface area (TPSA) is 16.7 Å². The Balaban J connectivity index is 3.20. The highest BCUT2D eigenvalue weighted by Gasteiger charge is 1.96. The fraction of sp³-hybridized carbons (Fsp3) is 0.100. The van der Waals surface area contributed by atoms with E-state index < -0.39 is 0 Å². The maximum atomic E-state index is 6.82. The molecule has 0 unspecified atom stereocenters. The zero-order valence-corrected chi connectivity index (χ0v) is 6.83. The molecule has 0 N–H and O–H groups in total. The minimum atomic E-state index is 0.665. The predicted octanol–water partition coefficient (Wildman–Crippen LogP) is 3.03. The largest absolute Gasteiger partial charge is 0.238 e. The minimum absolute atomic E-state index is 0.665. The standard InChI is InChI=1S/C10H8N2/c1-4-12-9-5-6-10(11-3)8(2)7-9/h5-7H,1H2,2H3. The number of hydrogen-bond donors (Lipinski definition) is 0. The van der Waals surface area contributed by atoms with Crippen molar-refractivity contribution in [2.45, 2.75) is 6.92 Å². The van der Waals surface area contributed by atoms with Crippen LogP contribution in [0.3, 0.4) is 0 Å². The second-order valence-electron chi connectivity index (χ2n) is 2.35. The van der Waals surface area contributed by atoms with E-state index in [4.69, 9.17) is 6.57 Å². The summed E-state index contributed by atoms with van der Waals surface area (Å²) in [6.07, 6.45) is 0. The zero-order chi connectivity index (χ0) is 8.97. The van der Waals surface area contributed by atoms with Crippen LogP contribution in [-0.4, -0.2) is 5.87 Å². The van der Waals surface area contributed by atoms with Gasteiger partial charge < -0.3 is 0 Å². The second-order valence-corrected chi connectivity index (χ2v) is 2.35. The van der Waals surface area contributed by atoms with Crippen molar-refractivity contribution in [1.82, 2.24) is 0 Å². The summed E-state index contributed by atoms with van der Waals surface area (Å²) in [5, 5.41) is 0. The van der Waals surface area contributed by atoms with Crippen LogP contribution in [0.5, 0.6) is 0 Å². The molecular weight excluding hydrogens is 148 g/mol. The second kappa shape index (κ2) is 3.52.